The van der Waals surface area contributed by atoms with Crippen LogP contribution < -0.4 is 21.7 Å². The van der Waals surface area contributed by atoms with Crippen LogP contribution >= 0.6 is 0 Å². The van der Waals surface area contributed by atoms with Crippen LogP contribution in [0, 0.1) is 0 Å². The van der Waals surface area contributed by atoms with Crippen molar-refractivity contribution in [1.29, 1.82) is 0 Å². The molecule has 0 spiro atoms. The van der Waals surface area contributed by atoms with E-state index in [1.165, 1.54) is 0 Å². The molecule has 1 aliphatic carbocycles. The molecule has 5 N–H and O–H groups in total. The summed E-state index contributed by atoms with van der Waals surface area (Å²) < 4.78 is 41.3. The van der Waals surface area contributed by atoms with Gasteiger partial charge in [-0.25, -0.2) is 9.97 Å². The number of fused-ring (bicyclic) bond motifs is 3. The summed E-state index contributed by atoms with van der Waals surface area (Å²) in [7, 11) is 0. The fourth-order valence-electron chi connectivity index (χ4n) is 6.01. The summed E-state index contributed by atoms with van der Waals surface area (Å²) in [4.78, 5) is 33.8. The van der Waals surface area contributed by atoms with Crippen molar-refractivity contribution in [2.24, 2.45) is 0 Å². The maximum Gasteiger partial charge on any atom is 0.416 e. The van der Waals surface area contributed by atoms with Crippen molar-refractivity contribution in [3.05, 3.63) is 77.6 Å². The summed E-state index contributed by atoms with van der Waals surface area (Å²) in [6.45, 7) is 1.24. The average molecular weight is 619 g/mol. The highest BCUT2D eigenvalue weighted by Gasteiger charge is 2.31. The maximum atomic E-state index is 13.1. The fourth-order valence-corrected chi connectivity index (χ4v) is 6.01. The Balaban J connectivity index is 1.35. The van der Waals surface area contributed by atoms with Crippen LogP contribution in [0.15, 0.2) is 60.9 Å². The zero-order chi connectivity index (χ0) is 31.6. The van der Waals surface area contributed by atoms with Crippen LogP contribution in [0.4, 0.5) is 24.8 Å². The van der Waals surface area contributed by atoms with Gasteiger partial charge in [0.2, 0.25) is 5.91 Å². The summed E-state index contributed by atoms with van der Waals surface area (Å²) >= 11 is 0. The van der Waals surface area contributed by atoms with E-state index in [0.29, 0.717) is 48.4 Å². The molecule has 45 heavy (non-hydrogen) atoms. The maximum absolute atomic E-state index is 13.1. The molecule has 0 radical (unpaired) electrons. The second kappa shape index (κ2) is 12.7. The Bertz CT molecular complexity index is 1750. The Morgan fingerprint density at radius 1 is 1.09 bits per heavy atom. The molecule has 0 saturated heterocycles. The van der Waals surface area contributed by atoms with E-state index >= 15 is 0 Å². The molecule has 4 aromatic rings. The van der Waals surface area contributed by atoms with Crippen molar-refractivity contribution in [2.45, 2.75) is 56.8 Å². The number of aromatic nitrogens is 4. The SMILES string of the molecule is Nc1ncc2c3c1c(-c1ccc(C(=O)Nc4cc(C(F)(F)F)ccn4)cc1)nn3[C@@H]1CCC[C@H](C1)NC(=O)CCNC/C=C/C2. The normalized spacial score (nSPS) is 20.1. The molecule has 234 valence electrons. The number of anilines is 2. The first-order valence-electron chi connectivity index (χ1n) is 14.9. The van der Waals surface area contributed by atoms with Crippen molar-refractivity contribution >= 4 is 34.4 Å². The summed E-state index contributed by atoms with van der Waals surface area (Å²) in [6, 6.07) is 8.31. The molecular formula is C32H33F3N8O2. The molecule has 2 amide bonds. The molecule has 1 aromatic carbocycles. The highest BCUT2D eigenvalue weighted by molar-refractivity contribution is 6.05. The van der Waals surface area contributed by atoms with E-state index < -0.39 is 17.6 Å². The van der Waals surface area contributed by atoms with Crippen LogP contribution in [0.3, 0.4) is 0 Å². The van der Waals surface area contributed by atoms with Gasteiger partial charge in [-0.15, -0.1) is 0 Å². The smallest absolute Gasteiger partial charge is 0.383 e. The molecule has 13 heteroatoms. The molecule has 6 rings (SSSR count). The van der Waals surface area contributed by atoms with Gasteiger partial charge >= 0.3 is 6.18 Å². The Morgan fingerprint density at radius 2 is 1.91 bits per heavy atom. The van der Waals surface area contributed by atoms with Gasteiger partial charge in [-0.3, -0.25) is 14.3 Å². The van der Waals surface area contributed by atoms with Crippen molar-refractivity contribution in [3.8, 4) is 11.3 Å². The number of alkyl halides is 3. The van der Waals surface area contributed by atoms with Crippen LogP contribution in [0.25, 0.3) is 22.2 Å². The number of carbonyl (C=O) groups excluding carboxylic acids is 2. The lowest BCUT2D eigenvalue weighted by Gasteiger charge is -2.30. The van der Waals surface area contributed by atoms with E-state index in [0.717, 1.165) is 55.1 Å². The number of nitrogens with two attached hydrogens (primary N) is 1. The van der Waals surface area contributed by atoms with E-state index in [1.54, 1.807) is 30.5 Å². The van der Waals surface area contributed by atoms with Crippen molar-refractivity contribution < 1.29 is 22.8 Å². The number of hydrogen-bond acceptors (Lipinski definition) is 7. The van der Waals surface area contributed by atoms with Crippen LogP contribution in [0.5, 0.6) is 0 Å². The highest BCUT2D eigenvalue weighted by Crippen LogP contribution is 2.39. The molecule has 0 unspecified atom stereocenters. The van der Waals surface area contributed by atoms with Gasteiger partial charge in [-0.2, -0.15) is 18.3 Å². The third kappa shape index (κ3) is 6.68. The van der Waals surface area contributed by atoms with Gasteiger partial charge in [0, 0.05) is 54.6 Å². The quantitative estimate of drug-likeness (QED) is 0.236. The Labute approximate surface area is 257 Å². The van der Waals surface area contributed by atoms with Crippen LogP contribution in [0.2, 0.25) is 0 Å². The Hall–Kier alpha value is -4.78. The van der Waals surface area contributed by atoms with E-state index in [4.69, 9.17) is 10.8 Å². The predicted molar refractivity (Wildman–Crippen MR) is 164 cm³/mol. The molecule has 1 saturated carbocycles. The number of rotatable bonds is 3. The number of hydrogen-bond donors (Lipinski definition) is 4. The van der Waals surface area contributed by atoms with E-state index in [1.807, 2.05) is 10.8 Å². The minimum atomic E-state index is -4.55. The molecule has 1 fully saturated rings. The molecule has 2 atom stereocenters. The lowest BCUT2D eigenvalue weighted by atomic mass is 9.90. The van der Waals surface area contributed by atoms with Gasteiger partial charge in [-0.1, -0.05) is 24.3 Å². The monoisotopic (exact) mass is 618 g/mol. The standard InChI is InChI=1S/C32H33F3N8O2/c33-32(34,35)22-11-15-38-25(16-22)41-31(45)20-9-7-19(8-10-20)28-27-29-21(18-39-30(27)36)4-1-2-13-37-14-12-26(44)40-23-5-3-6-24(17-23)43(29)42-28/h1-2,7-11,15-16,18,23-24,37H,3-6,12-14,17H2,(H2,36,39)(H,40,44)(H,38,41,45)/b2-1+/t23-,24-/m1/s1. The van der Waals surface area contributed by atoms with Gasteiger partial charge in [0.1, 0.15) is 17.3 Å². The number of allylic oxidation sites excluding steroid dienone is 1. The molecule has 4 heterocycles. The zero-order valence-electron chi connectivity index (χ0n) is 24.4. The van der Waals surface area contributed by atoms with Gasteiger partial charge in [0.15, 0.2) is 0 Å². The number of nitrogens with one attached hydrogen (secondary N) is 3. The lowest BCUT2D eigenvalue weighted by molar-refractivity contribution is -0.137. The number of pyridine rings is 2. The predicted octanol–water partition coefficient (Wildman–Crippen LogP) is 5.04. The first-order valence-corrected chi connectivity index (χ1v) is 14.9. The van der Waals surface area contributed by atoms with Crippen LogP contribution in [-0.2, 0) is 17.4 Å². The average Bonchev–Trinajstić information content (AvgIpc) is 3.43. The molecule has 3 aromatic heterocycles. The van der Waals surface area contributed by atoms with Gasteiger partial charge in [0.05, 0.1) is 22.5 Å². The molecular weight excluding hydrogens is 585 g/mol. The highest BCUT2D eigenvalue weighted by atomic mass is 19.4. The number of nitrogens with zero attached hydrogens (tertiary/aromatic N) is 4. The topological polar surface area (TPSA) is 140 Å². The minimum Gasteiger partial charge on any atom is -0.383 e. The molecule has 1 aliphatic heterocycles. The number of carbonyl (C=O) groups is 2. The van der Waals surface area contributed by atoms with Gasteiger partial charge < -0.3 is 21.7 Å². The van der Waals surface area contributed by atoms with Crippen LogP contribution in [-0.4, -0.2) is 50.7 Å². The first-order chi connectivity index (χ1) is 21.7. The third-order valence-corrected chi connectivity index (χ3v) is 8.23. The Morgan fingerprint density at radius 3 is 2.71 bits per heavy atom. The number of benzene rings is 1. The lowest BCUT2D eigenvalue weighted by Crippen LogP contribution is -2.40. The van der Waals surface area contributed by atoms with E-state index in [9.17, 15) is 22.8 Å². The van der Waals surface area contributed by atoms with E-state index in [2.05, 4.69) is 32.0 Å². The summed E-state index contributed by atoms with van der Waals surface area (Å²) in [5.41, 5.74) is 9.00. The summed E-state index contributed by atoms with van der Waals surface area (Å²) in [6.07, 6.45) is 6.81. The zero-order valence-corrected chi connectivity index (χ0v) is 24.4. The van der Waals surface area contributed by atoms with Gasteiger partial charge in [-0.05, 0) is 56.4 Å². The minimum absolute atomic E-state index is 0.0260. The largest absolute Gasteiger partial charge is 0.416 e. The van der Waals surface area contributed by atoms with Crippen molar-refractivity contribution in [2.75, 3.05) is 24.1 Å². The van der Waals surface area contributed by atoms with Gasteiger partial charge in [0.25, 0.3) is 5.91 Å². The third-order valence-electron chi connectivity index (χ3n) is 8.23. The summed E-state index contributed by atoms with van der Waals surface area (Å²) in [5, 5.41) is 14.7. The van der Waals surface area contributed by atoms with E-state index in [-0.39, 0.29) is 29.4 Å². The molecule has 2 aliphatic rings. The first kappa shape index (κ1) is 30.3. The molecule has 2 bridgehead atoms. The summed E-state index contributed by atoms with van der Waals surface area (Å²) in [5.74, 6) is -0.443. The number of halogens is 3. The Kier molecular flexibility index (Phi) is 8.52. The number of nitrogen functional groups attached to an aromatic ring is 1. The molecule has 10 nitrogen and oxygen atoms in total. The fraction of sp³-hybridized carbons (Fsp3) is 0.344. The second-order valence-electron chi connectivity index (χ2n) is 11.4. The van der Waals surface area contributed by atoms with Crippen molar-refractivity contribution in [3.63, 3.8) is 0 Å². The number of amides is 2. The second-order valence-corrected chi connectivity index (χ2v) is 11.4. The van der Waals surface area contributed by atoms with Crippen LogP contribution in [0.1, 0.15) is 59.6 Å². The van der Waals surface area contributed by atoms with Crippen molar-refractivity contribution in [1.82, 2.24) is 30.4 Å².